The smallest absolute Gasteiger partial charge is 0.289 e. The fourth-order valence-corrected chi connectivity index (χ4v) is 5.40. The zero-order valence-electron chi connectivity index (χ0n) is 17.6. The average molecular weight is 448 g/mol. The molecule has 1 heterocycles. The van der Waals surface area contributed by atoms with Gasteiger partial charge < -0.3 is 10.2 Å². The minimum atomic E-state index is -3.97. The van der Waals surface area contributed by atoms with Gasteiger partial charge >= 0.3 is 0 Å². The molecule has 0 radical (unpaired) electrons. The maximum absolute atomic E-state index is 12.9. The first-order valence-corrected chi connectivity index (χ1v) is 11.6. The van der Waals surface area contributed by atoms with Crippen molar-refractivity contribution in [3.05, 3.63) is 63.7 Å². The monoisotopic (exact) mass is 447 g/mol. The minimum absolute atomic E-state index is 0.117. The van der Waals surface area contributed by atoms with E-state index in [1.165, 1.54) is 28.6 Å². The molecule has 0 aromatic heterocycles. The Bertz CT molecular complexity index is 1080. The second-order valence-electron chi connectivity index (χ2n) is 7.57. The van der Waals surface area contributed by atoms with Gasteiger partial charge in [0.1, 0.15) is 0 Å². The van der Waals surface area contributed by atoms with Gasteiger partial charge in [-0.3, -0.25) is 14.9 Å². The number of rotatable bonds is 7. The lowest BCUT2D eigenvalue weighted by Gasteiger charge is -2.31. The third-order valence-corrected chi connectivity index (χ3v) is 7.47. The van der Waals surface area contributed by atoms with E-state index in [4.69, 9.17) is 0 Å². The third kappa shape index (κ3) is 5.09. The van der Waals surface area contributed by atoms with Crippen LogP contribution in [0.5, 0.6) is 0 Å². The number of nitro groups is 1. The molecular formula is C21H27N4O5S+. The van der Waals surface area contributed by atoms with Gasteiger partial charge in [-0.05, 0) is 30.5 Å². The first-order valence-electron chi connectivity index (χ1n) is 10.2. The molecule has 10 heteroatoms. The number of hydrogen-bond acceptors (Lipinski definition) is 5. The van der Waals surface area contributed by atoms with Crippen molar-refractivity contribution in [3.8, 4) is 0 Å². The number of piperazine rings is 1. The minimum Gasteiger partial charge on any atom is -0.325 e. The fraction of sp³-hybridized carbons (Fsp3) is 0.381. The Morgan fingerprint density at radius 1 is 1.16 bits per heavy atom. The number of nitrogens with zero attached hydrogens (tertiary/aromatic N) is 2. The van der Waals surface area contributed by atoms with Crippen LogP contribution in [0.3, 0.4) is 0 Å². The summed E-state index contributed by atoms with van der Waals surface area (Å²) in [6.07, 6.45) is 0.812. The van der Waals surface area contributed by atoms with Gasteiger partial charge in [0.05, 0.1) is 31.1 Å². The summed E-state index contributed by atoms with van der Waals surface area (Å²) in [6.45, 7) is 5.50. The van der Waals surface area contributed by atoms with Crippen LogP contribution >= 0.6 is 0 Å². The molecule has 1 aliphatic heterocycles. The second kappa shape index (κ2) is 9.54. The number of anilines is 1. The maximum atomic E-state index is 12.9. The molecule has 0 aliphatic carbocycles. The molecule has 0 bridgehead atoms. The lowest BCUT2D eigenvalue weighted by Crippen LogP contribution is -3.15. The van der Waals surface area contributed by atoms with Crippen molar-refractivity contribution in [2.75, 3.05) is 38.0 Å². The van der Waals surface area contributed by atoms with Crippen molar-refractivity contribution in [1.82, 2.24) is 4.31 Å². The standard InChI is InChI=1S/C21H26N4O5S/c1-3-17-8-6-7-16(2)21(17)22-20(26)15-23-11-13-24(14-12-23)31(29,30)19-10-5-4-9-18(19)25(27)28/h4-10H,3,11-15H2,1-2H3,(H,22,26)/p+1. The van der Waals surface area contributed by atoms with Crippen LogP contribution in [-0.2, 0) is 21.2 Å². The average Bonchev–Trinajstić information content (AvgIpc) is 2.75. The Labute approximate surface area is 181 Å². The molecule has 166 valence electrons. The number of para-hydroxylation sites is 2. The number of aryl methyl sites for hydroxylation is 2. The molecule has 0 spiro atoms. The van der Waals surface area contributed by atoms with Crippen LogP contribution in [0.25, 0.3) is 0 Å². The molecular weight excluding hydrogens is 420 g/mol. The second-order valence-corrected chi connectivity index (χ2v) is 9.47. The summed E-state index contributed by atoms with van der Waals surface area (Å²) >= 11 is 0. The van der Waals surface area contributed by atoms with Crippen LogP contribution in [0, 0.1) is 17.0 Å². The number of carbonyl (C=O) groups excluding carboxylic acids is 1. The van der Waals surface area contributed by atoms with Crippen LogP contribution in [0.2, 0.25) is 0 Å². The summed E-state index contributed by atoms with van der Waals surface area (Å²) in [5.74, 6) is -0.117. The molecule has 0 saturated carbocycles. The van der Waals surface area contributed by atoms with E-state index in [9.17, 15) is 23.3 Å². The van der Waals surface area contributed by atoms with Gasteiger partial charge in [0.15, 0.2) is 11.4 Å². The van der Waals surface area contributed by atoms with E-state index in [1.807, 2.05) is 32.0 Å². The summed E-state index contributed by atoms with van der Waals surface area (Å²) < 4.78 is 27.1. The molecule has 1 aliphatic rings. The van der Waals surface area contributed by atoms with Crippen molar-refractivity contribution in [2.24, 2.45) is 0 Å². The molecule has 2 aromatic rings. The topological polar surface area (TPSA) is 114 Å². The van der Waals surface area contributed by atoms with E-state index in [0.29, 0.717) is 13.1 Å². The van der Waals surface area contributed by atoms with E-state index in [-0.39, 0.29) is 30.4 Å². The highest BCUT2D eigenvalue weighted by molar-refractivity contribution is 7.89. The van der Waals surface area contributed by atoms with E-state index >= 15 is 0 Å². The summed E-state index contributed by atoms with van der Waals surface area (Å²) in [5, 5.41) is 14.2. The van der Waals surface area contributed by atoms with Gasteiger partial charge in [0, 0.05) is 11.8 Å². The first-order chi connectivity index (χ1) is 14.7. The highest BCUT2D eigenvalue weighted by atomic mass is 32.2. The van der Waals surface area contributed by atoms with Crippen LogP contribution in [0.15, 0.2) is 47.4 Å². The van der Waals surface area contributed by atoms with Gasteiger partial charge in [0.25, 0.3) is 11.6 Å². The maximum Gasteiger partial charge on any atom is 0.289 e. The van der Waals surface area contributed by atoms with Crippen LogP contribution in [0.4, 0.5) is 11.4 Å². The van der Waals surface area contributed by atoms with Crippen molar-refractivity contribution >= 4 is 27.3 Å². The van der Waals surface area contributed by atoms with Gasteiger partial charge in [-0.1, -0.05) is 37.3 Å². The molecule has 3 rings (SSSR count). The molecule has 2 aromatic carbocycles. The summed E-state index contributed by atoms with van der Waals surface area (Å²) in [7, 11) is -3.97. The molecule has 31 heavy (non-hydrogen) atoms. The van der Waals surface area contributed by atoms with Gasteiger partial charge in [0.2, 0.25) is 10.0 Å². The molecule has 1 saturated heterocycles. The quantitative estimate of drug-likeness (QED) is 0.485. The molecule has 9 nitrogen and oxygen atoms in total. The lowest BCUT2D eigenvalue weighted by molar-refractivity contribution is -0.895. The summed E-state index contributed by atoms with van der Waals surface area (Å²) in [4.78, 5) is 23.8. The first kappa shape index (κ1) is 22.9. The Hall–Kier alpha value is -2.82. The summed E-state index contributed by atoms with van der Waals surface area (Å²) in [5.41, 5.74) is 2.49. The third-order valence-electron chi connectivity index (χ3n) is 5.52. The largest absolute Gasteiger partial charge is 0.325 e. The van der Waals surface area contributed by atoms with Crippen LogP contribution in [-0.4, -0.2) is 56.3 Å². The number of amides is 1. The molecule has 0 atom stereocenters. The Morgan fingerprint density at radius 3 is 2.48 bits per heavy atom. The molecule has 1 amide bonds. The van der Waals surface area contributed by atoms with Gasteiger partial charge in [-0.15, -0.1) is 0 Å². The van der Waals surface area contributed by atoms with Crippen LogP contribution in [0.1, 0.15) is 18.1 Å². The molecule has 1 fully saturated rings. The Kier molecular flexibility index (Phi) is 7.04. The number of hydrogen-bond donors (Lipinski definition) is 2. The zero-order valence-corrected chi connectivity index (χ0v) is 18.4. The van der Waals surface area contributed by atoms with Crippen molar-refractivity contribution in [1.29, 1.82) is 0 Å². The number of benzene rings is 2. The van der Waals surface area contributed by atoms with Crippen LogP contribution < -0.4 is 10.2 Å². The normalized spacial score (nSPS) is 15.5. The van der Waals surface area contributed by atoms with Gasteiger partial charge in [-0.25, -0.2) is 8.42 Å². The number of nitro benzene ring substituents is 1. The van der Waals surface area contributed by atoms with Gasteiger partial charge in [-0.2, -0.15) is 4.31 Å². The Balaban J connectivity index is 1.63. The molecule has 2 N–H and O–H groups in total. The van der Waals surface area contributed by atoms with Crippen molar-refractivity contribution in [2.45, 2.75) is 25.2 Å². The lowest BCUT2D eigenvalue weighted by atomic mass is 10.1. The van der Waals surface area contributed by atoms with E-state index in [1.54, 1.807) is 0 Å². The number of sulfonamides is 1. The number of quaternary nitrogens is 1. The zero-order chi connectivity index (χ0) is 22.6. The molecule has 0 unspecified atom stereocenters. The van der Waals surface area contributed by atoms with Crippen molar-refractivity contribution in [3.63, 3.8) is 0 Å². The highest BCUT2D eigenvalue weighted by Crippen LogP contribution is 2.26. The van der Waals surface area contributed by atoms with Crippen molar-refractivity contribution < 1.29 is 23.0 Å². The SMILES string of the molecule is CCc1cccc(C)c1NC(=O)C[NH+]1CCN(S(=O)(=O)c2ccccc2[N+](=O)[O-])CC1. The summed E-state index contributed by atoms with van der Waals surface area (Å²) in [6, 6.07) is 11.3. The highest BCUT2D eigenvalue weighted by Gasteiger charge is 2.35. The number of carbonyl (C=O) groups is 1. The fourth-order valence-electron chi connectivity index (χ4n) is 3.80. The van der Waals surface area contributed by atoms with E-state index in [2.05, 4.69) is 5.32 Å². The predicted octanol–water partition coefficient (Wildman–Crippen LogP) is 0.994. The van der Waals surface area contributed by atoms with E-state index < -0.39 is 20.6 Å². The Morgan fingerprint density at radius 2 is 1.84 bits per heavy atom. The number of nitrogens with one attached hydrogen (secondary N) is 2. The predicted molar refractivity (Wildman–Crippen MR) is 117 cm³/mol. The van der Waals surface area contributed by atoms with E-state index in [0.717, 1.165) is 28.1 Å².